The fraction of sp³-hybridized carbons (Fsp3) is 0.727. The molecular weight excluding hydrogens is 180 g/mol. The maximum Gasteiger partial charge on any atom is 0.311 e. The molecule has 0 rings (SSSR count). The molecule has 0 aliphatic rings. The van der Waals surface area contributed by atoms with Gasteiger partial charge in [-0.15, -0.1) is 6.58 Å². The van der Waals surface area contributed by atoms with Gasteiger partial charge in [0.05, 0.1) is 18.1 Å². The van der Waals surface area contributed by atoms with Crippen molar-refractivity contribution in [2.24, 2.45) is 5.92 Å². The summed E-state index contributed by atoms with van der Waals surface area (Å²) in [6.45, 7) is 9.01. The molecule has 14 heavy (non-hydrogen) atoms. The van der Waals surface area contributed by atoms with Crippen LogP contribution in [0.4, 0.5) is 0 Å². The Labute approximate surface area is 85.8 Å². The van der Waals surface area contributed by atoms with Crippen molar-refractivity contribution in [2.75, 3.05) is 6.61 Å². The molecule has 0 fully saturated rings. The van der Waals surface area contributed by atoms with Crippen LogP contribution in [0.25, 0.3) is 0 Å². The van der Waals surface area contributed by atoms with Gasteiger partial charge in [0, 0.05) is 0 Å². The highest BCUT2D eigenvalue weighted by Gasteiger charge is 2.33. The van der Waals surface area contributed by atoms with E-state index in [0.29, 0.717) is 19.4 Å². The van der Waals surface area contributed by atoms with Crippen molar-refractivity contribution in [3.8, 4) is 0 Å². The van der Waals surface area contributed by atoms with E-state index in [1.54, 1.807) is 26.8 Å². The number of esters is 1. The number of rotatable bonds is 6. The fourth-order valence-electron chi connectivity index (χ4n) is 1.13. The first-order valence-electron chi connectivity index (χ1n) is 4.95. The quantitative estimate of drug-likeness (QED) is 0.526. The lowest BCUT2D eigenvalue weighted by Gasteiger charge is -2.28. The fourth-order valence-corrected chi connectivity index (χ4v) is 1.13. The Morgan fingerprint density at radius 2 is 2.29 bits per heavy atom. The molecule has 0 aromatic carbocycles. The summed E-state index contributed by atoms with van der Waals surface area (Å²) in [5.74, 6) is -0.844. The zero-order valence-electron chi connectivity index (χ0n) is 9.25. The van der Waals surface area contributed by atoms with Gasteiger partial charge in [-0.25, -0.2) is 0 Å². The second kappa shape index (κ2) is 5.81. The van der Waals surface area contributed by atoms with Crippen LogP contribution in [-0.4, -0.2) is 23.3 Å². The van der Waals surface area contributed by atoms with Crippen molar-refractivity contribution in [2.45, 2.75) is 39.2 Å². The van der Waals surface area contributed by atoms with E-state index in [2.05, 4.69) is 6.58 Å². The number of ether oxygens (including phenoxy) is 1. The van der Waals surface area contributed by atoms with Crippen molar-refractivity contribution in [1.82, 2.24) is 0 Å². The van der Waals surface area contributed by atoms with Crippen molar-refractivity contribution in [3.63, 3.8) is 0 Å². The predicted octanol–water partition coefficient (Wildman–Crippen LogP) is 1.90. The molecule has 82 valence electrons. The van der Waals surface area contributed by atoms with Gasteiger partial charge in [-0.05, 0) is 33.6 Å². The molecule has 2 unspecified atom stereocenters. The van der Waals surface area contributed by atoms with Crippen molar-refractivity contribution in [3.05, 3.63) is 12.7 Å². The molecule has 0 radical (unpaired) electrons. The van der Waals surface area contributed by atoms with Crippen molar-refractivity contribution in [1.29, 1.82) is 0 Å². The van der Waals surface area contributed by atoms with E-state index in [4.69, 9.17) is 4.74 Å². The molecule has 0 heterocycles. The topological polar surface area (TPSA) is 46.5 Å². The summed E-state index contributed by atoms with van der Waals surface area (Å²) in [6.07, 6.45) is 2.94. The molecule has 0 saturated heterocycles. The molecule has 3 heteroatoms. The zero-order valence-corrected chi connectivity index (χ0v) is 9.25. The van der Waals surface area contributed by atoms with Crippen LogP contribution in [-0.2, 0) is 9.53 Å². The molecule has 0 spiro atoms. The third-order valence-corrected chi connectivity index (χ3v) is 2.43. The molecule has 0 amide bonds. The van der Waals surface area contributed by atoms with E-state index in [9.17, 15) is 9.90 Å². The first-order valence-corrected chi connectivity index (χ1v) is 4.95. The molecule has 0 aromatic heterocycles. The molecule has 1 N–H and O–H groups in total. The number of hydrogen-bond donors (Lipinski definition) is 1. The standard InChI is InChI=1S/C11H20O3/c1-5-7-8-11(4,13)9(3)10(12)14-6-2/h5,9,13H,1,6-8H2,2-4H3. The maximum absolute atomic E-state index is 11.3. The van der Waals surface area contributed by atoms with E-state index in [1.807, 2.05) is 0 Å². The van der Waals surface area contributed by atoms with Crippen LogP contribution in [0.5, 0.6) is 0 Å². The van der Waals surface area contributed by atoms with Crippen LogP contribution in [0.3, 0.4) is 0 Å². The highest BCUT2D eigenvalue weighted by Crippen LogP contribution is 2.23. The highest BCUT2D eigenvalue weighted by molar-refractivity contribution is 5.73. The van der Waals surface area contributed by atoms with Gasteiger partial charge >= 0.3 is 5.97 Å². The van der Waals surface area contributed by atoms with Gasteiger partial charge in [0.25, 0.3) is 0 Å². The first kappa shape index (κ1) is 13.2. The Bertz CT molecular complexity index is 197. The summed E-state index contributed by atoms with van der Waals surface area (Å²) in [5, 5.41) is 9.96. The predicted molar refractivity (Wildman–Crippen MR) is 55.9 cm³/mol. The second-order valence-corrected chi connectivity index (χ2v) is 3.66. The van der Waals surface area contributed by atoms with Crippen LogP contribution in [0.2, 0.25) is 0 Å². The van der Waals surface area contributed by atoms with Crippen LogP contribution in [0.15, 0.2) is 12.7 Å². The monoisotopic (exact) mass is 200 g/mol. The number of carbonyl (C=O) groups excluding carboxylic acids is 1. The Morgan fingerprint density at radius 1 is 1.71 bits per heavy atom. The first-order chi connectivity index (χ1) is 6.45. The minimum absolute atomic E-state index is 0.346. The molecule has 0 saturated carbocycles. The number of carbonyl (C=O) groups is 1. The van der Waals surface area contributed by atoms with Crippen LogP contribution < -0.4 is 0 Å². The SMILES string of the molecule is C=CCCC(C)(O)C(C)C(=O)OCC. The number of hydrogen-bond acceptors (Lipinski definition) is 3. The van der Waals surface area contributed by atoms with E-state index in [1.165, 1.54) is 0 Å². The molecule has 0 aliphatic carbocycles. The van der Waals surface area contributed by atoms with Gasteiger partial charge in [0.2, 0.25) is 0 Å². The van der Waals surface area contributed by atoms with Gasteiger partial charge in [-0.2, -0.15) is 0 Å². The summed E-state index contributed by atoms with van der Waals surface area (Å²) in [5.41, 5.74) is -1.01. The minimum atomic E-state index is -1.01. The third kappa shape index (κ3) is 3.92. The van der Waals surface area contributed by atoms with Gasteiger partial charge < -0.3 is 9.84 Å². The van der Waals surface area contributed by atoms with Crippen LogP contribution in [0.1, 0.15) is 33.6 Å². The van der Waals surface area contributed by atoms with Crippen LogP contribution >= 0.6 is 0 Å². The van der Waals surface area contributed by atoms with E-state index in [-0.39, 0.29) is 5.97 Å². The summed E-state index contributed by atoms with van der Waals surface area (Å²) in [4.78, 5) is 11.3. The summed E-state index contributed by atoms with van der Waals surface area (Å²) >= 11 is 0. The summed E-state index contributed by atoms with van der Waals surface area (Å²) in [6, 6.07) is 0. The molecule has 0 aliphatic heterocycles. The zero-order chi connectivity index (χ0) is 11.2. The van der Waals surface area contributed by atoms with Crippen LogP contribution in [0, 0.1) is 5.92 Å². The summed E-state index contributed by atoms with van der Waals surface area (Å²) in [7, 11) is 0. The second-order valence-electron chi connectivity index (χ2n) is 3.66. The Balaban J connectivity index is 4.24. The van der Waals surface area contributed by atoms with E-state index >= 15 is 0 Å². The third-order valence-electron chi connectivity index (χ3n) is 2.43. The minimum Gasteiger partial charge on any atom is -0.466 e. The van der Waals surface area contributed by atoms with Crippen molar-refractivity contribution >= 4 is 5.97 Å². The van der Waals surface area contributed by atoms with Gasteiger partial charge in [0.1, 0.15) is 0 Å². The maximum atomic E-state index is 11.3. The van der Waals surface area contributed by atoms with Gasteiger partial charge in [-0.3, -0.25) is 4.79 Å². The molecular formula is C11H20O3. The molecule has 2 atom stereocenters. The largest absolute Gasteiger partial charge is 0.466 e. The van der Waals surface area contributed by atoms with Gasteiger partial charge in [0.15, 0.2) is 0 Å². The smallest absolute Gasteiger partial charge is 0.311 e. The highest BCUT2D eigenvalue weighted by atomic mass is 16.5. The average Bonchev–Trinajstić information content (AvgIpc) is 2.14. The lowest BCUT2D eigenvalue weighted by atomic mass is 9.86. The Hall–Kier alpha value is -0.830. The van der Waals surface area contributed by atoms with E-state index in [0.717, 1.165) is 0 Å². The lowest BCUT2D eigenvalue weighted by Crippen LogP contribution is -2.38. The molecule has 3 nitrogen and oxygen atoms in total. The normalized spacial score (nSPS) is 16.9. The molecule has 0 aromatic rings. The Morgan fingerprint density at radius 3 is 2.71 bits per heavy atom. The summed E-state index contributed by atoms with van der Waals surface area (Å²) < 4.78 is 4.85. The van der Waals surface area contributed by atoms with Crippen molar-refractivity contribution < 1.29 is 14.6 Å². The Kier molecular flexibility index (Phi) is 5.46. The molecule has 0 bridgehead atoms. The average molecular weight is 200 g/mol. The van der Waals surface area contributed by atoms with E-state index < -0.39 is 11.5 Å². The lowest BCUT2D eigenvalue weighted by molar-refractivity contribution is -0.156. The number of allylic oxidation sites excluding steroid dienone is 1. The van der Waals surface area contributed by atoms with Gasteiger partial charge in [-0.1, -0.05) is 6.08 Å². The number of aliphatic hydroxyl groups is 1.